The summed E-state index contributed by atoms with van der Waals surface area (Å²) in [6.07, 6.45) is 1.83. The highest BCUT2D eigenvalue weighted by Crippen LogP contribution is 2.29. The van der Waals surface area contributed by atoms with Gasteiger partial charge < -0.3 is 9.09 Å². The number of hydrogen-bond donors (Lipinski definition) is 0. The number of fused-ring (bicyclic) bond motifs is 1. The number of hydrogen-bond acceptors (Lipinski definition) is 4. The quantitative estimate of drug-likeness (QED) is 0.535. The third-order valence-corrected chi connectivity index (χ3v) is 4.62. The summed E-state index contributed by atoms with van der Waals surface area (Å²) in [5.74, 6) is 1.72. The summed E-state index contributed by atoms with van der Waals surface area (Å²) in [5.41, 5.74) is 5.73. The molecule has 0 spiro atoms. The second-order valence-corrected chi connectivity index (χ2v) is 6.57. The van der Waals surface area contributed by atoms with Gasteiger partial charge in [0.25, 0.3) is 0 Å². The van der Waals surface area contributed by atoms with Gasteiger partial charge in [-0.3, -0.25) is 0 Å². The van der Waals surface area contributed by atoms with Gasteiger partial charge in [-0.2, -0.15) is 0 Å². The van der Waals surface area contributed by atoms with Crippen LogP contribution in [0.25, 0.3) is 22.3 Å². The third-order valence-electron chi connectivity index (χ3n) is 4.37. The average Bonchev–Trinajstić information content (AvgIpc) is 3.09. The van der Waals surface area contributed by atoms with E-state index in [1.165, 1.54) is 0 Å². The van der Waals surface area contributed by atoms with Crippen LogP contribution in [-0.4, -0.2) is 19.7 Å². The van der Waals surface area contributed by atoms with Crippen LogP contribution in [0.4, 0.5) is 0 Å². The number of halogens is 1. The molecule has 0 atom stereocenters. The van der Waals surface area contributed by atoms with Gasteiger partial charge >= 0.3 is 0 Å². The van der Waals surface area contributed by atoms with E-state index >= 15 is 0 Å². The zero-order valence-electron chi connectivity index (χ0n) is 14.2. The van der Waals surface area contributed by atoms with Crippen molar-refractivity contribution in [2.24, 2.45) is 0 Å². The van der Waals surface area contributed by atoms with E-state index in [2.05, 4.69) is 25.8 Å². The van der Waals surface area contributed by atoms with Gasteiger partial charge in [-0.25, -0.2) is 9.97 Å². The molecule has 0 radical (unpaired) electrons. The molecule has 0 N–H and O–H groups in total. The maximum Gasteiger partial charge on any atom is 0.177 e. The minimum absolute atomic E-state index is 0.715. The summed E-state index contributed by atoms with van der Waals surface area (Å²) < 4.78 is 7.45. The van der Waals surface area contributed by atoms with E-state index in [9.17, 15) is 0 Å². The van der Waals surface area contributed by atoms with E-state index in [0.717, 1.165) is 50.2 Å². The van der Waals surface area contributed by atoms with Crippen LogP contribution < -0.4 is 0 Å². The molecule has 0 amide bonds. The van der Waals surface area contributed by atoms with E-state index < -0.39 is 0 Å². The van der Waals surface area contributed by atoms with E-state index in [0.29, 0.717) is 6.54 Å². The molecule has 3 heterocycles. The zero-order valence-corrected chi connectivity index (χ0v) is 15.0. The number of aromatic nitrogens is 4. The first-order valence-electron chi connectivity index (χ1n) is 8.03. The zero-order chi connectivity index (χ0) is 17.6. The summed E-state index contributed by atoms with van der Waals surface area (Å²) in [5, 5.41) is 4.77. The highest BCUT2D eigenvalue weighted by Gasteiger charge is 2.15. The van der Waals surface area contributed by atoms with Gasteiger partial charge in [-0.05, 0) is 44.5 Å². The maximum atomic E-state index is 5.98. The summed E-state index contributed by atoms with van der Waals surface area (Å²) in [6, 6.07) is 9.96. The maximum absolute atomic E-state index is 5.98. The van der Waals surface area contributed by atoms with Gasteiger partial charge in [-0.1, -0.05) is 28.9 Å². The van der Waals surface area contributed by atoms with Crippen LogP contribution in [0.15, 0.2) is 41.1 Å². The molecule has 4 rings (SSSR count). The predicted octanol–water partition coefficient (Wildman–Crippen LogP) is 4.71. The Morgan fingerprint density at radius 1 is 1.12 bits per heavy atom. The molecule has 5 nitrogen and oxygen atoms in total. The van der Waals surface area contributed by atoms with Crippen LogP contribution >= 0.6 is 11.6 Å². The minimum Gasteiger partial charge on any atom is -0.361 e. The molecule has 0 aliphatic rings. The number of benzene rings is 1. The monoisotopic (exact) mass is 352 g/mol. The second kappa shape index (κ2) is 6.01. The van der Waals surface area contributed by atoms with Crippen LogP contribution in [0.2, 0.25) is 5.02 Å². The first kappa shape index (κ1) is 15.8. The molecule has 1 aromatic carbocycles. The fraction of sp³-hybridized carbons (Fsp3) is 0.211. The van der Waals surface area contributed by atoms with Gasteiger partial charge in [0.15, 0.2) is 5.65 Å². The predicted molar refractivity (Wildman–Crippen MR) is 97.8 cm³/mol. The summed E-state index contributed by atoms with van der Waals surface area (Å²) in [4.78, 5) is 9.11. The van der Waals surface area contributed by atoms with Crippen LogP contribution in [0.1, 0.15) is 22.8 Å². The lowest BCUT2D eigenvalue weighted by molar-refractivity contribution is 0.393. The molecular weight excluding hydrogens is 336 g/mol. The van der Waals surface area contributed by atoms with E-state index in [4.69, 9.17) is 16.1 Å². The van der Waals surface area contributed by atoms with Crippen molar-refractivity contribution in [3.05, 3.63) is 64.4 Å². The molecule has 0 unspecified atom stereocenters. The van der Waals surface area contributed by atoms with Gasteiger partial charge in [0.2, 0.25) is 0 Å². The molecule has 4 aromatic rings. The Labute approximate surface area is 150 Å². The highest BCUT2D eigenvalue weighted by molar-refractivity contribution is 6.30. The number of pyridine rings is 1. The number of aryl methyl sites for hydroxylation is 3. The number of rotatable bonds is 3. The van der Waals surface area contributed by atoms with Crippen molar-refractivity contribution in [3.63, 3.8) is 0 Å². The molecule has 6 heteroatoms. The van der Waals surface area contributed by atoms with Gasteiger partial charge in [0, 0.05) is 28.9 Å². The SMILES string of the molecule is Cc1noc(C)c1-c1cnc2nc(C)n(Cc3ccc(Cl)cc3)c2c1. The van der Waals surface area contributed by atoms with Crippen LogP contribution in [0, 0.1) is 20.8 Å². The fourth-order valence-electron chi connectivity index (χ4n) is 3.12. The molecule has 0 saturated heterocycles. The van der Waals surface area contributed by atoms with E-state index in [1.807, 2.05) is 51.2 Å². The average molecular weight is 353 g/mol. The van der Waals surface area contributed by atoms with Crippen molar-refractivity contribution in [2.75, 3.05) is 0 Å². The van der Waals surface area contributed by atoms with Gasteiger partial charge in [0.1, 0.15) is 11.6 Å². The molecule has 0 aliphatic heterocycles. The lowest BCUT2D eigenvalue weighted by Crippen LogP contribution is -2.02. The standard InChI is InChI=1S/C19H17ClN4O/c1-11-18(12(2)25-23-11)15-8-17-19(21-9-15)22-13(3)24(17)10-14-4-6-16(20)7-5-14/h4-9H,10H2,1-3H3. The van der Waals surface area contributed by atoms with Crippen molar-refractivity contribution in [1.82, 2.24) is 19.7 Å². The molecular formula is C19H17ClN4O. The lowest BCUT2D eigenvalue weighted by Gasteiger charge is -2.08. The Balaban J connectivity index is 1.83. The largest absolute Gasteiger partial charge is 0.361 e. The van der Waals surface area contributed by atoms with E-state index in [-0.39, 0.29) is 0 Å². The van der Waals surface area contributed by atoms with Crippen molar-refractivity contribution >= 4 is 22.8 Å². The van der Waals surface area contributed by atoms with Crippen molar-refractivity contribution in [3.8, 4) is 11.1 Å². The molecule has 0 saturated carbocycles. The Bertz CT molecular complexity index is 1040. The Morgan fingerprint density at radius 3 is 2.56 bits per heavy atom. The molecule has 0 bridgehead atoms. The molecule has 0 fully saturated rings. The normalized spacial score (nSPS) is 11.4. The first-order chi connectivity index (χ1) is 12.0. The van der Waals surface area contributed by atoms with Crippen LogP contribution in [0.5, 0.6) is 0 Å². The minimum atomic E-state index is 0.715. The van der Waals surface area contributed by atoms with Crippen LogP contribution in [-0.2, 0) is 6.54 Å². The number of nitrogens with zero attached hydrogens (tertiary/aromatic N) is 4. The second-order valence-electron chi connectivity index (χ2n) is 6.14. The van der Waals surface area contributed by atoms with Gasteiger partial charge in [-0.15, -0.1) is 0 Å². The molecule has 25 heavy (non-hydrogen) atoms. The third kappa shape index (κ3) is 2.81. The number of imidazole rings is 1. The molecule has 126 valence electrons. The van der Waals surface area contributed by atoms with Crippen molar-refractivity contribution in [1.29, 1.82) is 0 Å². The van der Waals surface area contributed by atoms with Crippen molar-refractivity contribution < 1.29 is 4.52 Å². The topological polar surface area (TPSA) is 56.7 Å². The Hall–Kier alpha value is -2.66. The summed E-state index contributed by atoms with van der Waals surface area (Å²) in [7, 11) is 0. The van der Waals surface area contributed by atoms with Crippen LogP contribution in [0.3, 0.4) is 0 Å². The molecule has 0 aliphatic carbocycles. The van der Waals surface area contributed by atoms with Gasteiger partial charge in [0.05, 0.1) is 11.2 Å². The summed E-state index contributed by atoms with van der Waals surface area (Å²) in [6.45, 7) is 6.56. The Kier molecular flexibility index (Phi) is 3.81. The smallest absolute Gasteiger partial charge is 0.177 e. The molecule has 3 aromatic heterocycles. The summed E-state index contributed by atoms with van der Waals surface area (Å²) >= 11 is 5.98. The highest BCUT2D eigenvalue weighted by atomic mass is 35.5. The van der Waals surface area contributed by atoms with Crippen molar-refractivity contribution in [2.45, 2.75) is 27.3 Å². The van der Waals surface area contributed by atoms with E-state index in [1.54, 1.807) is 0 Å². The fourth-order valence-corrected chi connectivity index (χ4v) is 3.25. The first-order valence-corrected chi connectivity index (χ1v) is 8.41. The lowest BCUT2D eigenvalue weighted by atomic mass is 10.1. The Morgan fingerprint density at radius 2 is 1.88 bits per heavy atom.